The molecular weight excluding hydrogens is 416 g/mol. The van der Waals surface area contributed by atoms with Gasteiger partial charge in [-0.25, -0.2) is 0 Å². The topological polar surface area (TPSA) is 58.6 Å². The van der Waals surface area contributed by atoms with Crippen LogP contribution >= 0.6 is 22.7 Å². The van der Waals surface area contributed by atoms with Crippen LogP contribution in [0.2, 0.25) is 0 Å². The molecule has 0 unspecified atom stereocenters. The fourth-order valence-corrected chi connectivity index (χ4v) is 5.18. The molecule has 0 bridgehead atoms. The van der Waals surface area contributed by atoms with Gasteiger partial charge in [0.1, 0.15) is 5.00 Å². The molecule has 0 saturated carbocycles. The van der Waals surface area contributed by atoms with E-state index in [9.17, 15) is 9.59 Å². The number of carbonyl (C=O) groups excluding carboxylic acids is 2. The average molecular weight is 439 g/mol. The number of amides is 2. The van der Waals surface area contributed by atoms with E-state index < -0.39 is 0 Å². The van der Waals surface area contributed by atoms with Gasteiger partial charge < -0.3 is 15.0 Å². The van der Waals surface area contributed by atoms with Crippen molar-refractivity contribution in [3.8, 4) is 10.4 Å². The summed E-state index contributed by atoms with van der Waals surface area (Å²) in [5.41, 5.74) is 3.47. The number of hydrogen-bond donors (Lipinski definition) is 1. The van der Waals surface area contributed by atoms with E-state index >= 15 is 0 Å². The molecule has 154 valence electrons. The summed E-state index contributed by atoms with van der Waals surface area (Å²) in [4.78, 5) is 28.7. The van der Waals surface area contributed by atoms with Crippen molar-refractivity contribution in [2.24, 2.45) is 0 Å². The summed E-state index contributed by atoms with van der Waals surface area (Å²) in [5, 5.41) is 7.46. The van der Waals surface area contributed by atoms with Crippen molar-refractivity contribution in [2.75, 3.05) is 31.6 Å². The highest BCUT2D eigenvalue weighted by atomic mass is 32.1. The van der Waals surface area contributed by atoms with Crippen LogP contribution in [-0.2, 0) is 9.53 Å². The number of thiophene rings is 2. The van der Waals surface area contributed by atoms with Crippen LogP contribution < -0.4 is 5.32 Å². The zero-order valence-electron chi connectivity index (χ0n) is 16.6. The number of carbonyl (C=O) groups is 2. The molecule has 2 aromatic heterocycles. The molecule has 4 rings (SSSR count). The Morgan fingerprint density at radius 2 is 1.90 bits per heavy atom. The fraction of sp³-hybridized carbons (Fsp3) is 0.217. The summed E-state index contributed by atoms with van der Waals surface area (Å²) in [6.45, 7) is 4.13. The number of ether oxygens (including phenoxy) is 1. The highest BCUT2D eigenvalue weighted by Crippen LogP contribution is 2.40. The second kappa shape index (κ2) is 9.38. The zero-order valence-corrected chi connectivity index (χ0v) is 18.2. The van der Waals surface area contributed by atoms with Crippen LogP contribution in [0.3, 0.4) is 0 Å². The third-order valence-corrected chi connectivity index (χ3v) is 6.86. The van der Waals surface area contributed by atoms with Crippen molar-refractivity contribution >= 4 is 45.6 Å². The number of rotatable bonds is 5. The summed E-state index contributed by atoms with van der Waals surface area (Å²) in [5.74, 6) is -0.315. The molecule has 1 aromatic carbocycles. The molecule has 3 heterocycles. The van der Waals surface area contributed by atoms with Crippen molar-refractivity contribution in [2.45, 2.75) is 6.92 Å². The number of hydrogen-bond acceptors (Lipinski definition) is 5. The number of nitrogens with one attached hydrogen (secondary N) is 1. The minimum absolute atomic E-state index is 0.0636. The Hall–Kier alpha value is -2.74. The number of morpholine rings is 1. The SMILES string of the molecule is Cc1c(-c2ccccc2)sc(NC(=O)/C=C/c2ccsc2)c1C(=O)N1CCOCC1. The van der Waals surface area contributed by atoms with Crippen molar-refractivity contribution in [1.29, 1.82) is 0 Å². The van der Waals surface area contributed by atoms with Gasteiger partial charge in [-0.1, -0.05) is 30.3 Å². The normalized spacial score (nSPS) is 14.2. The maximum absolute atomic E-state index is 13.3. The van der Waals surface area contributed by atoms with Gasteiger partial charge in [0, 0.05) is 24.0 Å². The first kappa shape index (κ1) is 20.5. The molecule has 7 heteroatoms. The highest BCUT2D eigenvalue weighted by Gasteiger charge is 2.27. The molecule has 0 spiro atoms. The van der Waals surface area contributed by atoms with Crippen molar-refractivity contribution in [3.63, 3.8) is 0 Å². The van der Waals surface area contributed by atoms with E-state index in [-0.39, 0.29) is 11.8 Å². The lowest BCUT2D eigenvalue weighted by molar-refractivity contribution is -0.111. The van der Waals surface area contributed by atoms with Crippen LogP contribution in [0.4, 0.5) is 5.00 Å². The van der Waals surface area contributed by atoms with Gasteiger partial charge in [0.2, 0.25) is 5.91 Å². The lowest BCUT2D eigenvalue weighted by Gasteiger charge is -2.27. The summed E-state index contributed by atoms with van der Waals surface area (Å²) in [6.07, 6.45) is 3.27. The van der Waals surface area contributed by atoms with E-state index in [1.807, 2.05) is 54.1 Å². The van der Waals surface area contributed by atoms with E-state index in [2.05, 4.69) is 5.32 Å². The first-order valence-corrected chi connectivity index (χ1v) is 11.5. The number of benzene rings is 1. The molecule has 1 aliphatic heterocycles. The maximum Gasteiger partial charge on any atom is 0.257 e. The fourth-order valence-electron chi connectivity index (χ4n) is 3.34. The first-order chi connectivity index (χ1) is 14.6. The number of nitrogens with zero attached hydrogens (tertiary/aromatic N) is 1. The summed E-state index contributed by atoms with van der Waals surface area (Å²) >= 11 is 3.02. The standard InChI is InChI=1S/C23H22N2O3S2/c1-16-20(23(27)25-10-12-28-13-11-25)22(30-21(16)18-5-3-2-4-6-18)24-19(26)8-7-17-9-14-29-15-17/h2-9,14-15H,10-13H2,1H3,(H,24,26)/b8-7+. The minimum Gasteiger partial charge on any atom is -0.378 e. The van der Waals surface area contributed by atoms with Gasteiger partial charge in [0.15, 0.2) is 0 Å². The zero-order chi connectivity index (χ0) is 20.9. The van der Waals surface area contributed by atoms with Crippen LogP contribution in [0.15, 0.2) is 53.2 Å². The second-order valence-corrected chi connectivity index (χ2v) is 8.71. The monoisotopic (exact) mass is 438 g/mol. The van der Waals surface area contributed by atoms with E-state index in [4.69, 9.17) is 4.74 Å². The summed E-state index contributed by atoms with van der Waals surface area (Å²) < 4.78 is 5.38. The molecule has 2 amide bonds. The minimum atomic E-state index is -0.252. The summed E-state index contributed by atoms with van der Waals surface area (Å²) in [7, 11) is 0. The van der Waals surface area contributed by atoms with E-state index in [0.29, 0.717) is 36.9 Å². The molecule has 1 fully saturated rings. The van der Waals surface area contributed by atoms with Gasteiger partial charge in [-0.15, -0.1) is 11.3 Å². The van der Waals surface area contributed by atoms with Crippen LogP contribution in [0.25, 0.3) is 16.5 Å². The Labute approximate surface area is 183 Å². The van der Waals surface area contributed by atoms with Gasteiger partial charge in [-0.05, 0) is 46.5 Å². The number of anilines is 1. The molecule has 3 aromatic rings. The predicted octanol–water partition coefficient (Wildman–Crippen LogP) is 4.91. The van der Waals surface area contributed by atoms with E-state index in [1.165, 1.54) is 17.4 Å². The lowest BCUT2D eigenvalue weighted by Crippen LogP contribution is -2.41. The molecule has 0 atom stereocenters. The quantitative estimate of drug-likeness (QED) is 0.576. The van der Waals surface area contributed by atoms with Gasteiger partial charge in [0.05, 0.1) is 18.8 Å². The third kappa shape index (κ3) is 4.53. The van der Waals surface area contributed by atoms with Crippen LogP contribution in [0.5, 0.6) is 0 Å². The van der Waals surface area contributed by atoms with E-state index in [0.717, 1.165) is 21.6 Å². The van der Waals surface area contributed by atoms with Crippen molar-refractivity contribution < 1.29 is 14.3 Å². The van der Waals surface area contributed by atoms with Gasteiger partial charge in [-0.3, -0.25) is 9.59 Å². The van der Waals surface area contributed by atoms with Crippen LogP contribution in [0, 0.1) is 6.92 Å². The second-order valence-electron chi connectivity index (χ2n) is 6.91. The van der Waals surface area contributed by atoms with Gasteiger partial charge in [-0.2, -0.15) is 11.3 Å². The summed E-state index contributed by atoms with van der Waals surface area (Å²) in [6, 6.07) is 11.9. The van der Waals surface area contributed by atoms with Gasteiger partial charge in [0.25, 0.3) is 5.91 Å². The van der Waals surface area contributed by atoms with E-state index in [1.54, 1.807) is 22.3 Å². The molecule has 1 N–H and O–H groups in total. The van der Waals surface area contributed by atoms with Crippen LogP contribution in [-0.4, -0.2) is 43.0 Å². The molecule has 0 radical (unpaired) electrons. The lowest BCUT2D eigenvalue weighted by atomic mass is 10.1. The molecular formula is C23H22N2O3S2. The predicted molar refractivity (Wildman–Crippen MR) is 123 cm³/mol. The third-order valence-electron chi connectivity index (χ3n) is 4.90. The van der Waals surface area contributed by atoms with Crippen molar-refractivity contribution in [3.05, 3.63) is 69.9 Å². The van der Waals surface area contributed by atoms with Crippen molar-refractivity contribution in [1.82, 2.24) is 4.90 Å². The van der Waals surface area contributed by atoms with Gasteiger partial charge >= 0.3 is 0 Å². The molecule has 1 saturated heterocycles. The Kier molecular flexibility index (Phi) is 6.42. The Balaban J connectivity index is 1.66. The first-order valence-electron chi connectivity index (χ1n) is 9.70. The molecule has 30 heavy (non-hydrogen) atoms. The largest absolute Gasteiger partial charge is 0.378 e. The average Bonchev–Trinajstić information content (AvgIpc) is 3.41. The van der Waals surface area contributed by atoms with Crippen LogP contribution in [0.1, 0.15) is 21.5 Å². The Morgan fingerprint density at radius 1 is 1.13 bits per heavy atom. The maximum atomic E-state index is 13.3. The molecule has 1 aliphatic rings. The highest BCUT2D eigenvalue weighted by molar-refractivity contribution is 7.20. The molecule has 0 aliphatic carbocycles. The smallest absolute Gasteiger partial charge is 0.257 e. The Bertz CT molecular complexity index is 1050. The molecule has 5 nitrogen and oxygen atoms in total. The Morgan fingerprint density at radius 3 is 2.60 bits per heavy atom.